The van der Waals surface area contributed by atoms with E-state index < -0.39 is 0 Å². The summed E-state index contributed by atoms with van der Waals surface area (Å²) in [6.07, 6.45) is 2.56. The van der Waals surface area contributed by atoms with E-state index in [-0.39, 0.29) is 24.0 Å². The molecule has 1 atom stereocenters. The van der Waals surface area contributed by atoms with Crippen molar-refractivity contribution in [1.82, 2.24) is 15.1 Å². The lowest BCUT2D eigenvalue weighted by Gasteiger charge is -2.29. The fourth-order valence-electron chi connectivity index (χ4n) is 3.06. The van der Waals surface area contributed by atoms with Gasteiger partial charge in [-0.3, -0.25) is 4.99 Å². The molecule has 1 heterocycles. The Kier molecular flexibility index (Phi) is 10.0. The highest BCUT2D eigenvalue weighted by Crippen LogP contribution is 2.17. The van der Waals surface area contributed by atoms with Gasteiger partial charge in [-0.05, 0) is 50.9 Å². The molecule has 1 aromatic rings. The van der Waals surface area contributed by atoms with Gasteiger partial charge in [-0.1, -0.05) is 29.8 Å². The number of hydrogen-bond donors (Lipinski definition) is 1. The smallest absolute Gasteiger partial charge is 0.193 e. The Morgan fingerprint density at radius 2 is 2.17 bits per heavy atom. The first-order chi connectivity index (χ1) is 11.1. The Hall–Kier alpha value is -0.530. The summed E-state index contributed by atoms with van der Waals surface area (Å²) in [5.41, 5.74) is 1.12. The Bertz CT molecular complexity index is 523. The zero-order valence-electron chi connectivity index (χ0n) is 15.0. The van der Waals surface area contributed by atoms with Crippen molar-refractivity contribution in [2.24, 2.45) is 10.9 Å². The van der Waals surface area contributed by atoms with Crippen LogP contribution in [0.15, 0.2) is 29.3 Å². The van der Waals surface area contributed by atoms with E-state index in [1.54, 1.807) is 0 Å². The van der Waals surface area contributed by atoms with Crippen LogP contribution in [-0.2, 0) is 6.54 Å². The minimum absolute atomic E-state index is 0. The largest absolute Gasteiger partial charge is 0.357 e. The van der Waals surface area contributed by atoms with Gasteiger partial charge in [0.2, 0.25) is 0 Å². The normalized spacial score (nSPS) is 18.8. The molecule has 0 aromatic heterocycles. The van der Waals surface area contributed by atoms with Crippen molar-refractivity contribution in [1.29, 1.82) is 0 Å². The van der Waals surface area contributed by atoms with Crippen LogP contribution >= 0.6 is 35.6 Å². The summed E-state index contributed by atoms with van der Waals surface area (Å²) in [5, 5.41) is 4.20. The SMILES string of the molecule is CCNC(=NCC1CCCN(C)C1)N(C)Cc1ccccc1Cl.I. The van der Waals surface area contributed by atoms with Gasteiger partial charge in [-0.15, -0.1) is 24.0 Å². The molecular formula is C18H30ClIN4. The highest BCUT2D eigenvalue weighted by atomic mass is 127. The van der Waals surface area contributed by atoms with Crippen molar-refractivity contribution in [2.75, 3.05) is 40.3 Å². The van der Waals surface area contributed by atoms with Gasteiger partial charge in [-0.25, -0.2) is 0 Å². The molecule has 24 heavy (non-hydrogen) atoms. The van der Waals surface area contributed by atoms with Crippen LogP contribution in [-0.4, -0.2) is 56.0 Å². The highest BCUT2D eigenvalue weighted by Gasteiger charge is 2.17. The van der Waals surface area contributed by atoms with E-state index in [9.17, 15) is 0 Å². The number of benzene rings is 1. The number of piperidine rings is 1. The summed E-state index contributed by atoms with van der Waals surface area (Å²) in [4.78, 5) is 9.42. The molecule has 1 aromatic carbocycles. The molecule has 2 rings (SSSR count). The molecule has 0 amide bonds. The molecule has 1 aliphatic rings. The fraction of sp³-hybridized carbons (Fsp3) is 0.611. The Morgan fingerprint density at radius 3 is 2.83 bits per heavy atom. The van der Waals surface area contributed by atoms with E-state index in [1.807, 2.05) is 18.2 Å². The van der Waals surface area contributed by atoms with Crippen molar-refractivity contribution in [2.45, 2.75) is 26.3 Å². The van der Waals surface area contributed by atoms with Crippen LogP contribution < -0.4 is 5.32 Å². The summed E-state index contributed by atoms with van der Waals surface area (Å²) >= 11 is 6.27. The second kappa shape index (κ2) is 11.2. The molecule has 0 bridgehead atoms. The third-order valence-corrected chi connectivity index (χ3v) is 4.65. The van der Waals surface area contributed by atoms with Gasteiger partial charge in [0.05, 0.1) is 0 Å². The third kappa shape index (κ3) is 6.76. The topological polar surface area (TPSA) is 30.9 Å². The van der Waals surface area contributed by atoms with Gasteiger partial charge >= 0.3 is 0 Å². The van der Waals surface area contributed by atoms with E-state index in [2.05, 4.69) is 42.2 Å². The number of guanidine groups is 1. The van der Waals surface area contributed by atoms with Crippen molar-refractivity contribution in [3.8, 4) is 0 Å². The maximum absolute atomic E-state index is 6.27. The zero-order valence-corrected chi connectivity index (χ0v) is 18.1. The summed E-state index contributed by atoms with van der Waals surface area (Å²) in [5.74, 6) is 1.62. The van der Waals surface area contributed by atoms with E-state index >= 15 is 0 Å². The predicted octanol–water partition coefficient (Wildman–Crippen LogP) is 3.70. The molecule has 4 nitrogen and oxygen atoms in total. The number of rotatable bonds is 5. The van der Waals surface area contributed by atoms with Crippen LogP contribution in [0.25, 0.3) is 0 Å². The van der Waals surface area contributed by atoms with Crippen molar-refractivity contribution < 1.29 is 0 Å². The molecule has 0 spiro atoms. The van der Waals surface area contributed by atoms with Crippen LogP contribution in [0.4, 0.5) is 0 Å². The number of aliphatic imine (C=N–C) groups is 1. The third-order valence-electron chi connectivity index (χ3n) is 4.28. The average molecular weight is 465 g/mol. The first-order valence-corrected chi connectivity index (χ1v) is 8.89. The molecule has 1 unspecified atom stereocenters. The van der Waals surface area contributed by atoms with E-state index in [1.165, 1.54) is 19.4 Å². The lowest BCUT2D eigenvalue weighted by Crippen LogP contribution is -2.39. The second-order valence-corrected chi connectivity index (χ2v) is 6.82. The minimum Gasteiger partial charge on any atom is -0.357 e. The lowest BCUT2D eigenvalue weighted by molar-refractivity contribution is 0.214. The average Bonchev–Trinajstić information content (AvgIpc) is 2.53. The monoisotopic (exact) mass is 464 g/mol. The number of likely N-dealkylation sites (tertiary alicyclic amines) is 1. The summed E-state index contributed by atoms with van der Waals surface area (Å²) < 4.78 is 0. The van der Waals surface area contributed by atoms with Crippen molar-refractivity contribution in [3.63, 3.8) is 0 Å². The van der Waals surface area contributed by atoms with Crippen LogP contribution in [0.5, 0.6) is 0 Å². The number of nitrogens with one attached hydrogen (secondary N) is 1. The van der Waals surface area contributed by atoms with Gasteiger partial charge in [0.1, 0.15) is 0 Å². The first-order valence-electron chi connectivity index (χ1n) is 8.51. The zero-order chi connectivity index (χ0) is 16.7. The van der Waals surface area contributed by atoms with Crippen LogP contribution in [0, 0.1) is 5.92 Å². The second-order valence-electron chi connectivity index (χ2n) is 6.41. The molecule has 1 fully saturated rings. The number of hydrogen-bond acceptors (Lipinski definition) is 2. The van der Waals surface area contributed by atoms with Gasteiger partial charge in [0.15, 0.2) is 5.96 Å². The maximum Gasteiger partial charge on any atom is 0.193 e. The Labute approximate surface area is 168 Å². The predicted molar refractivity (Wildman–Crippen MR) is 115 cm³/mol. The molecule has 0 saturated carbocycles. The van der Waals surface area contributed by atoms with Crippen LogP contribution in [0.1, 0.15) is 25.3 Å². The molecular weight excluding hydrogens is 435 g/mol. The molecule has 6 heteroatoms. The quantitative estimate of drug-likeness (QED) is 0.409. The highest BCUT2D eigenvalue weighted by molar-refractivity contribution is 14.0. The Balaban J connectivity index is 0.00000288. The maximum atomic E-state index is 6.27. The molecule has 1 N–H and O–H groups in total. The lowest BCUT2D eigenvalue weighted by atomic mass is 9.99. The molecule has 1 aliphatic heterocycles. The van der Waals surface area contributed by atoms with Crippen molar-refractivity contribution >= 4 is 41.5 Å². The standard InChI is InChI=1S/C18H29ClN4.HI/c1-4-20-18(21-12-15-8-7-11-22(2)13-15)23(3)14-16-9-5-6-10-17(16)19;/h5-6,9-10,15H,4,7-8,11-14H2,1-3H3,(H,20,21);1H. The first kappa shape index (κ1) is 21.5. The van der Waals surface area contributed by atoms with Crippen LogP contribution in [0.2, 0.25) is 5.02 Å². The summed E-state index contributed by atoms with van der Waals surface area (Å²) in [6, 6.07) is 7.99. The van der Waals surface area contributed by atoms with Gasteiger partial charge in [0.25, 0.3) is 0 Å². The molecule has 0 aliphatic carbocycles. The van der Waals surface area contributed by atoms with E-state index in [4.69, 9.17) is 16.6 Å². The summed E-state index contributed by atoms with van der Waals surface area (Å²) in [6.45, 7) is 6.99. The van der Waals surface area contributed by atoms with Gasteiger partial charge in [-0.2, -0.15) is 0 Å². The van der Waals surface area contributed by atoms with E-state index in [0.29, 0.717) is 5.92 Å². The summed E-state index contributed by atoms with van der Waals surface area (Å²) in [7, 11) is 4.27. The van der Waals surface area contributed by atoms with Crippen LogP contribution in [0.3, 0.4) is 0 Å². The molecule has 136 valence electrons. The molecule has 1 saturated heterocycles. The molecule has 0 radical (unpaired) electrons. The van der Waals surface area contributed by atoms with Crippen molar-refractivity contribution in [3.05, 3.63) is 34.9 Å². The Morgan fingerprint density at radius 1 is 1.42 bits per heavy atom. The fourth-order valence-corrected chi connectivity index (χ4v) is 3.26. The van der Waals surface area contributed by atoms with E-state index in [0.717, 1.165) is 42.7 Å². The number of halogens is 2. The minimum atomic E-state index is 0. The number of nitrogens with zero attached hydrogens (tertiary/aromatic N) is 3. The van der Waals surface area contributed by atoms with Gasteiger partial charge in [0, 0.05) is 38.2 Å². The van der Waals surface area contributed by atoms with Gasteiger partial charge < -0.3 is 15.1 Å².